The van der Waals surface area contributed by atoms with Gasteiger partial charge in [-0.3, -0.25) is 9.69 Å². The minimum absolute atomic E-state index is 0.0183. The van der Waals surface area contributed by atoms with Crippen LogP contribution in [-0.2, 0) is 14.3 Å². The molecule has 5 rings (SSSR count). The number of rotatable bonds is 3. The highest BCUT2D eigenvalue weighted by molar-refractivity contribution is 9.10. The number of carbonyl (C=O) groups is 1. The number of anilines is 1. The third kappa shape index (κ3) is 4.37. The number of nitrogens with zero attached hydrogens (tertiary/aromatic N) is 2. The van der Waals surface area contributed by atoms with Crippen LogP contribution in [0.2, 0.25) is 0 Å². The van der Waals surface area contributed by atoms with Crippen molar-refractivity contribution in [2.24, 2.45) is 11.8 Å². The first-order chi connectivity index (χ1) is 15.3. The lowest BCUT2D eigenvalue weighted by Crippen LogP contribution is -2.49. The molecule has 3 aliphatic heterocycles. The van der Waals surface area contributed by atoms with Gasteiger partial charge in [-0.15, -0.1) is 0 Å². The normalized spacial score (nSPS) is 39.5. The molecule has 4 aliphatic rings. The number of fused-ring (bicyclic) bond motifs is 3. The van der Waals surface area contributed by atoms with Crippen LogP contribution in [0.1, 0.15) is 33.1 Å². The third-order valence-electron chi connectivity index (χ3n) is 7.88. The molecule has 6 atom stereocenters. The highest BCUT2D eigenvalue weighted by Crippen LogP contribution is 2.50. The molecule has 1 aromatic carbocycles. The first-order valence-corrected chi connectivity index (χ1v) is 12.6. The zero-order chi connectivity index (χ0) is 22.5. The predicted molar refractivity (Wildman–Crippen MR) is 127 cm³/mol. The maximum Gasteiger partial charge on any atom is 0.311 e. The number of allylic oxidation sites excluding steroid dienone is 1. The van der Waals surface area contributed by atoms with Crippen LogP contribution >= 0.6 is 15.9 Å². The SMILES string of the molecule is C/C1=C\CC[C@@]2(C)O[C@@H]2[C@H]2OC(=O)[C@@H](CN3CCN(c4ccc(Br)cc4)CC3)[C@@H]2C[C@H]1O. The summed E-state index contributed by atoms with van der Waals surface area (Å²) in [6.45, 7) is 8.50. The van der Waals surface area contributed by atoms with E-state index < -0.39 is 6.10 Å². The molecule has 0 spiro atoms. The second-order valence-corrected chi connectivity index (χ2v) is 10.9. The molecule has 6 nitrogen and oxygen atoms in total. The smallest absolute Gasteiger partial charge is 0.311 e. The third-order valence-corrected chi connectivity index (χ3v) is 8.41. The lowest BCUT2D eigenvalue weighted by Gasteiger charge is -2.37. The number of esters is 1. The number of carbonyl (C=O) groups excluding carboxylic acids is 1. The quantitative estimate of drug-likeness (QED) is 0.386. The molecule has 0 radical (unpaired) electrons. The van der Waals surface area contributed by atoms with E-state index in [0.717, 1.165) is 49.1 Å². The number of ether oxygens (including phenoxy) is 2. The molecule has 32 heavy (non-hydrogen) atoms. The van der Waals surface area contributed by atoms with E-state index in [1.807, 2.05) is 6.92 Å². The molecule has 7 heteroatoms. The lowest BCUT2D eigenvalue weighted by molar-refractivity contribution is -0.145. The molecule has 0 bridgehead atoms. The Morgan fingerprint density at radius 3 is 2.62 bits per heavy atom. The fraction of sp³-hybridized carbons (Fsp3) is 0.640. The van der Waals surface area contributed by atoms with Crippen LogP contribution in [0.25, 0.3) is 0 Å². The number of benzene rings is 1. The van der Waals surface area contributed by atoms with E-state index in [2.05, 4.69) is 63.0 Å². The molecule has 174 valence electrons. The van der Waals surface area contributed by atoms with E-state index in [1.165, 1.54) is 5.69 Å². The maximum atomic E-state index is 13.0. The van der Waals surface area contributed by atoms with Gasteiger partial charge in [0.2, 0.25) is 0 Å². The second-order valence-electron chi connectivity index (χ2n) is 10.0. The zero-order valence-electron chi connectivity index (χ0n) is 18.9. The summed E-state index contributed by atoms with van der Waals surface area (Å²) in [7, 11) is 0. The fourth-order valence-electron chi connectivity index (χ4n) is 5.66. The predicted octanol–water partition coefficient (Wildman–Crippen LogP) is 3.38. The first-order valence-electron chi connectivity index (χ1n) is 11.8. The van der Waals surface area contributed by atoms with Crippen molar-refractivity contribution in [1.29, 1.82) is 0 Å². The summed E-state index contributed by atoms with van der Waals surface area (Å²) < 4.78 is 13.1. The van der Waals surface area contributed by atoms with E-state index in [0.29, 0.717) is 13.0 Å². The molecule has 1 aromatic rings. The minimum atomic E-state index is -0.531. The van der Waals surface area contributed by atoms with E-state index in [9.17, 15) is 9.90 Å². The average Bonchev–Trinajstić information content (AvgIpc) is 3.36. The number of aliphatic hydroxyl groups is 1. The van der Waals surface area contributed by atoms with Crippen LogP contribution in [0.15, 0.2) is 40.4 Å². The summed E-state index contributed by atoms with van der Waals surface area (Å²) in [6, 6.07) is 8.43. The van der Waals surface area contributed by atoms with Gasteiger partial charge in [-0.25, -0.2) is 0 Å². The summed E-state index contributed by atoms with van der Waals surface area (Å²) in [6.07, 6.45) is 3.63. The Hall–Kier alpha value is -1.41. The van der Waals surface area contributed by atoms with Crippen LogP contribution in [0.3, 0.4) is 0 Å². The van der Waals surface area contributed by atoms with E-state index >= 15 is 0 Å². The molecule has 1 aliphatic carbocycles. The molecule has 1 N–H and O–H groups in total. The Labute approximate surface area is 198 Å². The van der Waals surface area contributed by atoms with Gasteiger partial charge in [-0.1, -0.05) is 22.0 Å². The van der Waals surface area contributed by atoms with Gasteiger partial charge in [-0.05, 0) is 62.9 Å². The summed E-state index contributed by atoms with van der Waals surface area (Å²) in [5, 5.41) is 10.8. The molecule has 0 saturated carbocycles. The highest BCUT2D eigenvalue weighted by Gasteiger charge is 2.63. The van der Waals surface area contributed by atoms with Gasteiger partial charge in [0.25, 0.3) is 0 Å². The first kappa shape index (κ1) is 22.4. The van der Waals surface area contributed by atoms with Gasteiger partial charge in [0.1, 0.15) is 12.2 Å². The molecule has 3 heterocycles. The Kier molecular flexibility index (Phi) is 6.12. The number of epoxide rings is 1. The lowest BCUT2D eigenvalue weighted by atomic mass is 9.79. The number of aliphatic hydroxyl groups excluding tert-OH is 1. The van der Waals surface area contributed by atoms with Crippen molar-refractivity contribution in [2.45, 2.75) is 57.0 Å². The number of halogens is 1. The molecule has 3 saturated heterocycles. The van der Waals surface area contributed by atoms with Gasteiger partial charge in [0, 0.05) is 48.8 Å². The number of hydrogen-bond donors (Lipinski definition) is 1. The Morgan fingerprint density at radius 1 is 1.19 bits per heavy atom. The molecule has 0 amide bonds. The molecule has 0 aromatic heterocycles. The molecule has 0 unspecified atom stereocenters. The summed E-state index contributed by atoms with van der Waals surface area (Å²) in [5.41, 5.74) is 2.01. The monoisotopic (exact) mass is 504 g/mol. The molecular weight excluding hydrogens is 472 g/mol. The van der Waals surface area contributed by atoms with Gasteiger partial charge in [0.05, 0.1) is 17.6 Å². The van der Waals surface area contributed by atoms with Crippen LogP contribution in [-0.4, -0.2) is 72.6 Å². The standard InChI is InChI=1S/C25H33BrN2O4/c1-16-4-3-9-25(2)23(32-25)22-19(14-21(16)29)20(24(30)31-22)15-27-10-12-28(13-11-27)18-7-5-17(26)6-8-18/h4-8,19-23,29H,3,9-15H2,1-2H3/b16-4+/t19-,20-,21+,22-,23+,25+/m0/s1. The Morgan fingerprint density at radius 2 is 1.91 bits per heavy atom. The summed E-state index contributed by atoms with van der Waals surface area (Å²) in [5.74, 6) is -0.355. The second kappa shape index (κ2) is 8.75. The van der Waals surface area contributed by atoms with Gasteiger partial charge in [0.15, 0.2) is 0 Å². The van der Waals surface area contributed by atoms with Gasteiger partial charge >= 0.3 is 5.97 Å². The van der Waals surface area contributed by atoms with Crippen molar-refractivity contribution in [3.05, 3.63) is 40.4 Å². The Balaban J connectivity index is 1.26. The van der Waals surface area contributed by atoms with Crippen molar-refractivity contribution in [3.8, 4) is 0 Å². The minimum Gasteiger partial charge on any atom is -0.459 e. The van der Waals surface area contributed by atoms with Crippen molar-refractivity contribution in [1.82, 2.24) is 4.90 Å². The Bertz CT molecular complexity index is 882. The van der Waals surface area contributed by atoms with E-state index in [4.69, 9.17) is 9.47 Å². The van der Waals surface area contributed by atoms with Crippen LogP contribution in [0, 0.1) is 11.8 Å². The van der Waals surface area contributed by atoms with Crippen LogP contribution in [0.4, 0.5) is 5.69 Å². The summed E-state index contributed by atoms with van der Waals surface area (Å²) in [4.78, 5) is 17.7. The van der Waals surface area contributed by atoms with Crippen molar-refractivity contribution < 1.29 is 19.4 Å². The topological polar surface area (TPSA) is 65.5 Å². The highest BCUT2D eigenvalue weighted by atomic mass is 79.9. The van der Waals surface area contributed by atoms with Crippen LogP contribution in [0.5, 0.6) is 0 Å². The maximum absolute atomic E-state index is 13.0. The van der Waals surface area contributed by atoms with Gasteiger partial charge < -0.3 is 19.5 Å². The zero-order valence-corrected chi connectivity index (χ0v) is 20.5. The fourth-order valence-corrected chi connectivity index (χ4v) is 5.93. The van der Waals surface area contributed by atoms with Crippen LogP contribution < -0.4 is 4.90 Å². The largest absolute Gasteiger partial charge is 0.459 e. The number of piperazine rings is 1. The van der Waals surface area contributed by atoms with E-state index in [1.54, 1.807) is 0 Å². The number of hydrogen-bond acceptors (Lipinski definition) is 6. The molecule has 3 fully saturated rings. The summed E-state index contributed by atoms with van der Waals surface area (Å²) >= 11 is 3.50. The van der Waals surface area contributed by atoms with Gasteiger partial charge in [-0.2, -0.15) is 0 Å². The van der Waals surface area contributed by atoms with E-state index in [-0.39, 0.29) is 35.6 Å². The van der Waals surface area contributed by atoms with Crippen molar-refractivity contribution in [2.75, 3.05) is 37.6 Å². The van der Waals surface area contributed by atoms with Crippen molar-refractivity contribution in [3.63, 3.8) is 0 Å². The average molecular weight is 505 g/mol. The molecular formula is C25H33BrN2O4. The van der Waals surface area contributed by atoms with Crippen molar-refractivity contribution >= 4 is 27.6 Å².